The van der Waals surface area contributed by atoms with Crippen molar-refractivity contribution in [2.24, 2.45) is 0 Å². The molecular weight excluding hydrogens is 256 g/mol. The van der Waals surface area contributed by atoms with Crippen molar-refractivity contribution in [2.45, 2.75) is 26.8 Å². The van der Waals surface area contributed by atoms with Crippen LogP contribution < -0.4 is 5.32 Å². The number of anilines is 1. The van der Waals surface area contributed by atoms with Crippen molar-refractivity contribution in [3.63, 3.8) is 0 Å². The number of hydrogen-bond donors (Lipinski definition) is 1. The fourth-order valence-corrected chi connectivity index (χ4v) is 1.74. The van der Waals surface area contributed by atoms with E-state index in [4.69, 9.17) is 4.74 Å². The minimum absolute atomic E-state index is 0.0131. The highest BCUT2D eigenvalue weighted by molar-refractivity contribution is 5.85. The molecule has 0 atom stereocenters. The Morgan fingerprint density at radius 1 is 1.25 bits per heavy atom. The molecule has 110 valence electrons. The van der Waals surface area contributed by atoms with E-state index < -0.39 is 0 Å². The molecule has 0 aromatic heterocycles. The van der Waals surface area contributed by atoms with Gasteiger partial charge in [-0.25, -0.2) is 0 Å². The molecule has 1 N–H and O–H groups in total. The quantitative estimate of drug-likeness (QED) is 0.774. The van der Waals surface area contributed by atoms with E-state index in [2.05, 4.69) is 5.32 Å². The number of esters is 1. The first-order valence-corrected chi connectivity index (χ1v) is 6.78. The molecule has 1 rings (SSSR count). The van der Waals surface area contributed by atoms with Crippen molar-refractivity contribution < 1.29 is 14.3 Å². The summed E-state index contributed by atoms with van der Waals surface area (Å²) in [4.78, 5) is 25.2. The zero-order valence-corrected chi connectivity index (χ0v) is 12.3. The summed E-state index contributed by atoms with van der Waals surface area (Å²) in [7, 11) is 0. The Hall–Kier alpha value is -2.04. The van der Waals surface area contributed by atoms with Gasteiger partial charge in [-0.1, -0.05) is 18.2 Å². The maximum absolute atomic E-state index is 12.2. The van der Waals surface area contributed by atoms with Crippen LogP contribution in [0.2, 0.25) is 0 Å². The molecule has 0 spiro atoms. The third kappa shape index (κ3) is 5.30. The van der Waals surface area contributed by atoms with Crippen molar-refractivity contribution in [1.82, 2.24) is 4.90 Å². The lowest BCUT2D eigenvalue weighted by Crippen LogP contribution is -2.44. The molecule has 20 heavy (non-hydrogen) atoms. The summed E-state index contributed by atoms with van der Waals surface area (Å²) < 4.78 is 4.88. The van der Waals surface area contributed by atoms with Crippen molar-refractivity contribution in [1.29, 1.82) is 0 Å². The van der Waals surface area contributed by atoms with Crippen LogP contribution in [0.5, 0.6) is 0 Å². The molecule has 0 aliphatic heterocycles. The zero-order chi connectivity index (χ0) is 15.0. The Labute approximate surface area is 119 Å². The van der Waals surface area contributed by atoms with E-state index in [1.165, 1.54) is 4.90 Å². The van der Waals surface area contributed by atoms with Crippen LogP contribution in [0.15, 0.2) is 30.3 Å². The van der Waals surface area contributed by atoms with E-state index in [1.54, 1.807) is 6.92 Å². The molecule has 0 radical (unpaired) electrons. The first-order valence-electron chi connectivity index (χ1n) is 6.78. The molecule has 0 aliphatic carbocycles. The van der Waals surface area contributed by atoms with Gasteiger partial charge in [-0.2, -0.15) is 0 Å². The molecule has 0 heterocycles. The third-order valence-corrected chi connectivity index (χ3v) is 2.77. The van der Waals surface area contributed by atoms with Gasteiger partial charge in [0.05, 0.1) is 13.2 Å². The summed E-state index contributed by atoms with van der Waals surface area (Å²) in [5.41, 5.74) is 0.876. The lowest BCUT2D eigenvalue weighted by molar-refractivity contribution is -0.149. The van der Waals surface area contributed by atoms with E-state index in [9.17, 15) is 9.59 Å². The van der Waals surface area contributed by atoms with Crippen molar-refractivity contribution in [2.75, 3.05) is 25.0 Å². The van der Waals surface area contributed by atoms with E-state index in [0.29, 0.717) is 6.61 Å². The monoisotopic (exact) mass is 278 g/mol. The fraction of sp³-hybridized carbons (Fsp3) is 0.467. The van der Waals surface area contributed by atoms with Gasteiger partial charge in [-0.15, -0.1) is 0 Å². The molecule has 0 fully saturated rings. The number of nitrogens with zero attached hydrogens (tertiary/aromatic N) is 1. The molecule has 1 aromatic carbocycles. The Morgan fingerprint density at radius 2 is 1.90 bits per heavy atom. The number of carbonyl (C=O) groups excluding carboxylic acids is 2. The molecule has 1 aromatic rings. The first kappa shape index (κ1) is 16.0. The Morgan fingerprint density at radius 3 is 2.45 bits per heavy atom. The Bertz CT molecular complexity index is 432. The molecule has 5 heteroatoms. The molecular formula is C15H22N2O3. The molecule has 0 bridgehead atoms. The number of amides is 1. The lowest BCUT2D eigenvalue weighted by atomic mass is 10.3. The SMILES string of the molecule is CCOC(=O)CN(C(=O)CNc1ccccc1)C(C)C. The largest absolute Gasteiger partial charge is 0.465 e. The molecule has 1 amide bonds. The molecule has 5 nitrogen and oxygen atoms in total. The second-order valence-corrected chi connectivity index (χ2v) is 4.64. The number of ether oxygens (including phenoxy) is 1. The van der Waals surface area contributed by atoms with Crippen LogP contribution in [0.3, 0.4) is 0 Å². The predicted molar refractivity (Wildman–Crippen MR) is 78.4 cm³/mol. The number of rotatable bonds is 7. The van der Waals surface area contributed by atoms with Crippen LogP contribution in [-0.4, -0.2) is 42.5 Å². The molecule has 0 unspecified atom stereocenters. The van der Waals surface area contributed by atoms with Gasteiger partial charge in [-0.05, 0) is 32.9 Å². The summed E-state index contributed by atoms with van der Waals surface area (Å²) in [6, 6.07) is 9.42. The standard InChI is InChI=1S/C15H22N2O3/c1-4-20-15(19)11-17(12(2)3)14(18)10-16-13-8-6-5-7-9-13/h5-9,12,16H,4,10-11H2,1-3H3. The van der Waals surface area contributed by atoms with Gasteiger partial charge in [0, 0.05) is 11.7 Å². The average Bonchev–Trinajstić information content (AvgIpc) is 2.43. The average molecular weight is 278 g/mol. The maximum Gasteiger partial charge on any atom is 0.325 e. The first-order chi connectivity index (χ1) is 9.54. The second-order valence-electron chi connectivity index (χ2n) is 4.64. The highest BCUT2D eigenvalue weighted by atomic mass is 16.5. The number of nitrogens with one attached hydrogen (secondary N) is 1. The smallest absolute Gasteiger partial charge is 0.325 e. The van der Waals surface area contributed by atoms with Gasteiger partial charge >= 0.3 is 5.97 Å². The number of hydrogen-bond acceptors (Lipinski definition) is 4. The van der Waals surface area contributed by atoms with E-state index >= 15 is 0 Å². The van der Waals surface area contributed by atoms with Gasteiger partial charge in [0.1, 0.15) is 6.54 Å². The summed E-state index contributed by atoms with van der Waals surface area (Å²) in [6.45, 7) is 5.96. The van der Waals surface area contributed by atoms with Gasteiger partial charge in [0.15, 0.2) is 0 Å². The summed E-state index contributed by atoms with van der Waals surface area (Å²) in [6.07, 6.45) is 0. The summed E-state index contributed by atoms with van der Waals surface area (Å²) in [5, 5.41) is 3.04. The number of carbonyl (C=O) groups is 2. The third-order valence-electron chi connectivity index (χ3n) is 2.77. The van der Waals surface area contributed by atoms with E-state index in [1.807, 2.05) is 44.2 Å². The molecule has 0 aliphatic rings. The summed E-state index contributed by atoms with van der Waals surface area (Å²) >= 11 is 0. The Kier molecular flexibility index (Phi) is 6.56. The maximum atomic E-state index is 12.2. The van der Waals surface area contributed by atoms with Crippen LogP contribution >= 0.6 is 0 Å². The van der Waals surface area contributed by atoms with E-state index in [0.717, 1.165) is 5.69 Å². The topological polar surface area (TPSA) is 58.6 Å². The van der Waals surface area contributed by atoms with Gasteiger partial charge in [-0.3, -0.25) is 9.59 Å². The minimum Gasteiger partial charge on any atom is -0.465 e. The summed E-state index contributed by atoms with van der Waals surface area (Å²) in [5.74, 6) is -0.508. The highest BCUT2D eigenvalue weighted by Gasteiger charge is 2.20. The van der Waals surface area contributed by atoms with Crippen molar-refractivity contribution in [3.8, 4) is 0 Å². The van der Waals surface area contributed by atoms with Gasteiger partial charge < -0.3 is 15.0 Å². The van der Waals surface area contributed by atoms with Crippen LogP contribution in [0.25, 0.3) is 0 Å². The van der Waals surface area contributed by atoms with Crippen LogP contribution in [0.4, 0.5) is 5.69 Å². The number of benzene rings is 1. The van der Waals surface area contributed by atoms with Crippen molar-refractivity contribution >= 4 is 17.6 Å². The van der Waals surface area contributed by atoms with Crippen molar-refractivity contribution in [3.05, 3.63) is 30.3 Å². The second kappa shape index (κ2) is 8.19. The lowest BCUT2D eigenvalue weighted by Gasteiger charge is -2.26. The Balaban J connectivity index is 2.54. The van der Waals surface area contributed by atoms with Gasteiger partial charge in [0.25, 0.3) is 0 Å². The van der Waals surface area contributed by atoms with Crippen LogP contribution in [0, 0.1) is 0 Å². The predicted octanol–water partition coefficient (Wildman–Crippen LogP) is 1.90. The van der Waals surface area contributed by atoms with Gasteiger partial charge in [0.2, 0.25) is 5.91 Å². The fourth-order valence-electron chi connectivity index (χ4n) is 1.74. The zero-order valence-electron chi connectivity index (χ0n) is 12.3. The van der Waals surface area contributed by atoms with Crippen LogP contribution in [0.1, 0.15) is 20.8 Å². The number of para-hydroxylation sites is 1. The molecule has 0 saturated heterocycles. The minimum atomic E-state index is -0.380. The van der Waals surface area contributed by atoms with E-state index in [-0.39, 0.29) is 31.0 Å². The normalized spacial score (nSPS) is 10.2. The van der Waals surface area contributed by atoms with Crippen LogP contribution in [-0.2, 0) is 14.3 Å². The molecule has 0 saturated carbocycles. The highest BCUT2D eigenvalue weighted by Crippen LogP contribution is 2.06.